The van der Waals surface area contributed by atoms with E-state index in [2.05, 4.69) is 15.3 Å². The molecule has 0 aliphatic heterocycles. The molecule has 2 aromatic rings. The predicted octanol–water partition coefficient (Wildman–Crippen LogP) is 1.38. The molecule has 15 heavy (non-hydrogen) atoms. The monoisotopic (exact) mass is 201 g/mol. The van der Waals surface area contributed by atoms with Crippen molar-refractivity contribution in [1.29, 1.82) is 0 Å². The summed E-state index contributed by atoms with van der Waals surface area (Å²) in [6, 6.07) is 7.20. The lowest BCUT2D eigenvalue weighted by atomic mass is 10.3. The first-order chi connectivity index (χ1) is 7.25. The zero-order valence-electron chi connectivity index (χ0n) is 8.01. The largest absolute Gasteiger partial charge is 0.397 e. The number of hydrogen-bond acceptors (Lipinski definition) is 5. The number of nitrogens with two attached hydrogens (primary N) is 2. The van der Waals surface area contributed by atoms with Gasteiger partial charge in [-0.05, 0) is 18.2 Å². The van der Waals surface area contributed by atoms with Crippen molar-refractivity contribution in [1.82, 2.24) is 9.97 Å². The highest BCUT2D eigenvalue weighted by Gasteiger charge is 2.01. The smallest absolute Gasteiger partial charge is 0.154 e. The van der Waals surface area contributed by atoms with Gasteiger partial charge in [-0.1, -0.05) is 6.07 Å². The molecule has 76 valence electrons. The molecule has 5 heteroatoms. The second kappa shape index (κ2) is 3.83. The zero-order valence-corrected chi connectivity index (χ0v) is 8.01. The van der Waals surface area contributed by atoms with Gasteiger partial charge in [-0.3, -0.25) is 0 Å². The van der Waals surface area contributed by atoms with Crippen LogP contribution in [0.5, 0.6) is 0 Å². The summed E-state index contributed by atoms with van der Waals surface area (Å²) in [4.78, 5) is 8.17. The van der Waals surface area contributed by atoms with Gasteiger partial charge in [0.1, 0.15) is 5.82 Å². The summed E-state index contributed by atoms with van der Waals surface area (Å²) in [5, 5.41) is 3.00. The van der Waals surface area contributed by atoms with Crippen molar-refractivity contribution >= 4 is 23.0 Å². The van der Waals surface area contributed by atoms with Gasteiger partial charge in [0.05, 0.1) is 17.6 Å². The molecule has 0 radical (unpaired) electrons. The average Bonchev–Trinajstić information content (AvgIpc) is 2.24. The number of hydrogen-bond donors (Lipinski definition) is 3. The molecule has 5 N–H and O–H groups in total. The summed E-state index contributed by atoms with van der Waals surface area (Å²) in [5.74, 6) is 1.25. The van der Waals surface area contributed by atoms with Crippen LogP contribution < -0.4 is 16.8 Å². The van der Waals surface area contributed by atoms with Crippen LogP contribution in [0.1, 0.15) is 0 Å². The van der Waals surface area contributed by atoms with Crippen LogP contribution in [0.15, 0.2) is 36.7 Å². The molecular formula is C10H11N5. The molecule has 0 amide bonds. The number of nitrogens with zero attached hydrogens (tertiary/aromatic N) is 2. The lowest BCUT2D eigenvalue weighted by Crippen LogP contribution is -2.01. The summed E-state index contributed by atoms with van der Waals surface area (Å²) in [6.45, 7) is 0. The number of anilines is 4. The number of pyridine rings is 2. The number of aromatic nitrogens is 2. The number of rotatable bonds is 2. The summed E-state index contributed by atoms with van der Waals surface area (Å²) in [7, 11) is 0. The van der Waals surface area contributed by atoms with Crippen LogP contribution >= 0.6 is 0 Å². The maximum absolute atomic E-state index is 5.74. The predicted molar refractivity (Wildman–Crippen MR) is 60.6 cm³/mol. The van der Waals surface area contributed by atoms with Gasteiger partial charge in [0.2, 0.25) is 0 Å². The van der Waals surface area contributed by atoms with Gasteiger partial charge in [0.15, 0.2) is 5.82 Å². The molecule has 2 aromatic heterocycles. The molecular weight excluding hydrogens is 190 g/mol. The third kappa shape index (κ3) is 2.14. The molecule has 0 aliphatic rings. The van der Waals surface area contributed by atoms with E-state index in [1.807, 2.05) is 18.2 Å². The Bertz CT molecular complexity index is 455. The first kappa shape index (κ1) is 9.26. The van der Waals surface area contributed by atoms with Gasteiger partial charge in [0, 0.05) is 6.20 Å². The molecule has 0 fully saturated rings. The Hall–Kier alpha value is -2.30. The number of nitrogens with one attached hydrogen (secondary N) is 1. The molecule has 0 spiro atoms. The van der Waals surface area contributed by atoms with Crippen LogP contribution in [-0.2, 0) is 0 Å². The van der Waals surface area contributed by atoms with Crippen molar-refractivity contribution in [3.63, 3.8) is 0 Å². The normalized spacial score (nSPS) is 9.87. The minimum absolute atomic E-state index is 0.501. The quantitative estimate of drug-likeness (QED) is 0.683. The molecule has 0 saturated carbocycles. The maximum atomic E-state index is 5.74. The molecule has 0 aliphatic carbocycles. The van der Waals surface area contributed by atoms with Crippen LogP contribution in [0, 0.1) is 0 Å². The van der Waals surface area contributed by atoms with Crippen molar-refractivity contribution < 1.29 is 0 Å². The van der Waals surface area contributed by atoms with Gasteiger partial charge in [-0.15, -0.1) is 0 Å². The molecule has 0 aromatic carbocycles. The Morgan fingerprint density at radius 2 is 2.00 bits per heavy atom. The van der Waals surface area contributed by atoms with Crippen LogP contribution in [-0.4, -0.2) is 9.97 Å². The third-order valence-electron chi connectivity index (χ3n) is 1.85. The molecule has 5 nitrogen and oxygen atoms in total. The molecule has 0 saturated heterocycles. The minimum Gasteiger partial charge on any atom is -0.397 e. The zero-order chi connectivity index (χ0) is 10.7. The Morgan fingerprint density at radius 3 is 2.67 bits per heavy atom. The van der Waals surface area contributed by atoms with Gasteiger partial charge >= 0.3 is 0 Å². The van der Waals surface area contributed by atoms with E-state index in [4.69, 9.17) is 11.5 Å². The van der Waals surface area contributed by atoms with Gasteiger partial charge in [-0.25, -0.2) is 9.97 Å². The van der Waals surface area contributed by atoms with E-state index in [1.54, 1.807) is 18.5 Å². The molecule has 2 heterocycles. The highest BCUT2D eigenvalue weighted by molar-refractivity contribution is 5.69. The van der Waals surface area contributed by atoms with Gasteiger partial charge in [-0.2, -0.15) is 0 Å². The Balaban J connectivity index is 2.25. The minimum atomic E-state index is 0.501. The van der Waals surface area contributed by atoms with Crippen molar-refractivity contribution in [3.05, 3.63) is 36.7 Å². The third-order valence-corrected chi connectivity index (χ3v) is 1.85. The lowest BCUT2D eigenvalue weighted by molar-refractivity contribution is 1.26. The highest BCUT2D eigenvalue weighted by atomic mass is 15.1. The molecule has 0 unspecified atom stereocenters. The molecule has 0 atom stereocenters. The summed E-state index contributed by atoms with van der Waals surface area (Å²) in [6.07, 6.45) is 3.23. The van der Waals surface area contributed by atoms with E-state index in [-0.39, 0.29) is 0 Å². The van der Waals surface area contributed by atoms with Crippen molar-refractivity contribution in [2.24, 2.45) is 0 Å². The molecule has 0 bridgehead atoms. The van der Waals surface area contributed by atoms with Gasteiger partial charge < -0.3 is 16.8 Å². The fourth-order valence-electron chi connectivity index (χ4n) is 1.16. The lowest BCUT2D eigenvalue weighted by Gasteiger charge is -2.07. The van der Waals surface area contributed by atoms with E-state index in [9.17, 15) is 0 Å². The molecule has 2 rings (SSSR count). The van der Waals surface area contributed by atoms with Crippen molar-refractivity contribution in [3.8, 4) is 0 Å². The second-order valence-electron chi connectivity index (χ2n) is 3.05. The Kier molecular flexibility index (Phi) is 2.37. The summed E-state index contributed by atoms with van der Waals surface area (Å²) >= 11 is 0. The standard InChI is InChI=1S/C10H11N5/c11-7-5-8(12)10(14-6-7)15-9-3-1-2-4-13-9/h1-6H,11-12H2,(H,13,14,15). The Morgan fingerprint density at radius 1 is 1.13 bits per heavy atom. The highest BCUT2D eigenvalue weighted by Crippen LogP contribution is 2.20. The van der Waals surface area contributed by atoms with Crippen LogP contribution in [0.25, 0.3) is 0 Å². The maximum Gasteiger partial charge on any atom is 0.154 e. The van der Waals surface area contributed by atoms with Crippen LogP contribution in [0.4, 0.5) is 23.0 Å². The van der Waals surface area contributed by atoms with E-state index in [0.717, 1.165) is 0 Å². The van der Waals surface area contributed by atoms with Crippen molar-refractivity contribution in [2.45, 2.75) is 0 Å². The number of nitrogen functional groups attached to an aromatic ring is 2. The van der Waals surface area contributed by atoms with Crippen LogP contribution in [0.3, 0.4) is 0 Å². The summed E-state index contributed by atoms with van der Waals surface area (Å²) in [5.41, 5.74) is 12.3. The van der Waals surface area contributed by atoms with E-state index >= 15 is 0 Å². The topological polar surface area (TPSA) is 89.8 Å². The summed E-state index contributed by atoms with van der Waals surface area (Å²) < 4.78 is 0. The fraction of sp³-hybridized carbons (Fsp3) is 0. The van der Waals surface area contributed by atoms with Crippen molar-refractivity contribution in [2.75, 3.05) is 16.8 Å². The average molecular weight is 201 g/mol. The van der Waals surface area contributed by atoms with E-state index < -0.39 is 0 Å². The Labute approximate surface area is 87.2 Å². The van der Waals surface area contributed by atoms with Crippen LogP contribution in [0.2, 0.25) is 0 Å². The SMILES string of the molecule is Nc1cnc(Nc2ccccn2)c(N)c1. The second-order valence-corrected chi connectivity index (χ2v) is 3.05. The first-order valence-electron chi connectivity index (χ1n) is 4.45. The van der Waals surface area contributed by atoms with E-state index in [1.165, 1.54) is 0 Å². The van der Waals surface area contributed by atoms with E-state index in [0.29, 0.717) is 23.0 Å². The van der Waals surface area contributed by atoms with Gasteiger partial charge in [0.25, 0.3) is 0 Å². The fourth-order valence-corrected chi connectivity index (χ4v) is 1.16. The first-order valence-corrected chi connectivity index (χ1v) is 4.45.